The number of rotatable bonds is 10. The van der Waals surface area contributed by atoms with Gasteiger partial charge >= 0.3 is 18.2 Å². The molecule has 3 N–H and O–H groups in total. The third-order valence-electron chi connectivity index (χ3n) is 2.91. The smallest absolute Gasteiger partial charge is 0.407 e. The van der Waals surface area contributed by atoms with Crippen molar-refractivity contribution in [2.45, 2.75) is 71.4 Å². The Morgan fingerprint density at radius 2 is 1.75 bits per heavy atom. The first-order chi connectivity index (χ1) is 11.2. The Hall–Kier alpha value is -1.99. The highest BCUT2D eigenvalue weighted by Crippen LogP contribution is 2.07. The molecule has 0 aromatic rings. The predicted octanol–water partition coefficient (Wildman–Crippen LogP) is 2.66. The topological polar surface area (TPSA) is 114 Å². The van der Waals surface area contributed by atoms with E-state index in [2.05, 4.69) is 10.6 Å². The van der Waals surface area contributed by atoms with Crippen LogP contribution in [0.3, 0.4) is 0 Å². The molecule has 0 unspecified atom stereocenters. The Labute approximate surface area is 143 Å². The van der Waals surface area contributed by atoms with Crippen molar-refractivity contribution in [2.24, 2.45) is 0 Å². The lowest BCUT2D eigenvalue weighted by atomic mass is 10.1. The molecule has 0 radical (unpaired) electrons. The van der Waals surface area contributed by atoms with Crippen molar-refractivity contribution in [3.05, 3.63) is 0 Å². The Morgan fingerprint density at radius 1 is 1.08 bits per heavy atom. The number of carboxylic acids is 1. The van der Waals surface area contributed by atoms with Crippen molar-refractivity contribution in [2.75, 3.05) is 13.2 Å². The van der Waals surface area contributed by atoms with Gasteiger partial charge < -0.3 is 25.2 Å². The SMILES string of the molecule is CCCCOC(=O)N[C@@H](CCCCNC(=O)OC(C)(C)C)C(=O)O. The van der Waals surface area contributed by atoms with E-state index in [1.165, 1.54) is 0 Å². The van der Waals surface area contributed by atoms with Crippen LogP contribution in [0, 0.1) is 0 Å². The molecule has 0 bridgehead atoms. The molecule has 0 aliphatic carbocycles. The number of amides is 2. The number of aliphatic carboxylic acids is 1. The van der Waals surface area contributed by atoms with Crippen LogP contribution in [0.1, 0.15) is 59.8 Å². The average Bonchev–Trinajstić information content (AvgIpc) is 2.43. The second-order valence-electron chi connectivity index (χ2n) is 6.45. The molecule has 0 saturated carbocycles. The second kappa shape index (κ2) is 11.5. The molecule has 0 saturated heterocycles. The lowest BCUT2D eigenvalue weighted by Gasteiger charge is -2.19. The van der Waals surface area contributed by atoms with Crippen molar-refractivity contribution < 1.29 is 29.0 Å². The molecule has 0 aliphatic heterocycles. The number of carbonyl (C=O) groups is 3. The van der Waals surface area contributed by atoms with Crippen LogP contribution >= 0.6 is 0 Å². The molecule has 2 amide bonds. The number of carbonyl (C=O) groups excluding carboxylic acids is 2. The molecule has 0 heterocycles. The van der Waals surface area contributed by atoms with E-state index in [0.29, 0.717) is 19.4 Å². The maximum absolute atomic E-state index is 11.5. The highest BCUT2D eigenvalue weighted by atomic mass is 16.6. The predicted molar refractivity (Wildman–Crippen MR) is 88.9 cm³/mol. The summed E-state index contributed by atoms with van der Waals surface area (Å²) in [6, 6.07) is -0.999. The van der Waals surface area contributed by atoms with E-state index < -0.39 is 29.8 Å². The number of carboxylic acid groups (broad SMARTS) is 1. The summed E-state index contributed by atoms with van der Waals surface area (Å²) in [7, 11) is 0. The van der Waals surface area contributed by atoms with Crippen molar-refractivity contribution in [3.63, 3.8) is 0 Å². The molecule has 8 heteroatoms. The van der Waals surface area contributed by atoms with E-state index in [1.807, 2.05) is 6.92 Å². The van der Waals surface area contributed by atoms with E-state index in [-0.39, 0.29) is 13.0 Å². The van der Waals surface area contributed by atoms with Gasteiger partial charge in [0.05, 0.1) is 6.61 Å². The quantitative estimate of drug-likeness (QED) is 0.524. The molecule has 0 aliphatic rings. The minimum absolute atomic E-state index is 0.258. The minimum atomic E-state index is -1.11. The van der Waals surface area contributed by atoms with Crippen LogP contribution in [-0.4, -0.2) is 48.1 Å². The molecule has 8 nitrogen and oxygen atoms in total. The zero-order valence-electron chi connectivity index (χ0n) is 15.0. The van der Waals surface area contributed by atoms with Gasteiger partial charge in [0.25, 0.3) is 0 Å². The lowest BCUT2D eigenvalue weighted by Crippen LogP contribution is -2.41. The van der Waals surface area contributed by atoms with E-state index in [4.69, 9.17) is 14.6 Å². The first-order valence-corrected chi connectivity index (χ1v) is 8.28. The molecular weight excluding hydrogens is 316 g/mol. The van der Waals surface area contributed by atoms with Crippen molar-refractivity contribution in [1.29, 1.82) is 0 Å². The maximum Gasteiger partial charge on any atom is 0.407 e. The summed E-state index contributed by atoms with van der Waals surface area (Å²) in [6.45, 7) is 7.93. The Bertz CT molecular complexity index is 406. The first-order valence-electron chi connectivity index (χ1n) is 8.28. The highest BCUT2D eigenvalue weighted by Gasteiger charge is 2.20. The third kappa shape index (κ3) is 12.5. The number of hydrogen-bond acceptors (Lipinski definition) is 5. The third-order valence-corrected chi connectivity index (χ3v) is 2.91. The zero-order valence-corrected chi connectivity index (χ0v) is 15.0. The van der Waals surface area contributed by atoms with Gasteiger partial charge in [0.15, 0.2) is 0 Å². The normalized spacial score (nSPS) is 12.2. The summed E-state index contributed by atoms with van der Waals surface area (Å²) in [5, 5.41) is 14.0. The molecule has 0 aromatic heterocycles. The monoisotopic (exact) mass is 346 g/mol. The fourth-order valence-corrected chi connectivity index (χ4v) is 1.73. The zero-order chi connectivity index (χ0) is 18.6. The van der Waals surface area contributed by atoms with E-state index in [9.17, 15) is 14.4 Å². The summed E-state index contributed by atoms with van der Waals surface area (Å²) < 4.78 is 9.97. The largest absolute Gasteiger partial charge is 0.480 e. The van der Waals surface area contributed by atoms with Gasteiger partial charge in [-0.25, -0.2) is 14.4 Å². The Kier molecular flexibility index (Phi) is 10.6. The Balaban J connectivity index is 3.96. The fraction of sp³-hybridized carbons (Fsp3) is 0.812. The number of hydrogen-bond donors (Lipinski definition) is 3. The highest BCUT2D eigenvalue weighted by molar-refractivity contribution is 5.79. The average molecular weight is 346 g/mol. The molecular formula is C16H30N2O6. The van der Waals surface area contributed by atoms with Crippen LogP contribution in [0.2, 0.25) is 0 Å². The molecule has 0 spiro atoms. The molecule has 140 valence electrons. The standard InChI is InChI=1S/C16H30N2O6/c1-5-6-11-23-15(22)18-12(13(19)20)9-7-8-10-17-14(21)24-16(2,3)4/h12H,5-11H2,1-4H3,(H,17,21)(H,18,22)(H,19,20)/t12-/m0/s1. The number of ether oxygens (including phenoxy) is 2. The van der Waals surface area contributed by atoms with E-state index in [0.717, 1.165) is 12.8 Å². The van der Waals surface area contributed by atoms with Gasteiger partial charge in [-0.15, -0.1) is 0 Å². The second-order valence-corrected chi connectivity index (χ2v) is 6.45. The summed E-state index contributed by atoms with van der Waals surface area (Å²) in [6.07, 6.45) is 1.77. The molecule has 0 rings (SSSR count). The van der Waals surface area contributed by atoms with Crippen LogP contribution < -0.4 is 10.6 Å². The van der Waals surface area contributed by atoms with Gasteiger partial charge in [-0.1, -0.05) is 13.3 Å². The van der Waals surface area contributed by atoms with E-state index in [1.54, 1.807) is 20.8 Å². The van der Waals surface area contributed by atoms with Gasteiger partial charge in [0.1, 0.15) is 11.6 Å². The van der Waals surface area contributed by atoms with E-state index >= 15 is 0 Å². The minimum Gasteiger partial charge on any atom is -0.480 e. The molecule has 24 heavy (non-hydrogen) atoms. The van der Waals surface area contributed by atoms with Crippen molar-refractivity contribution in [3.8, 4) is 0 Å². The number of alkyl carbamates (subject to hydrolysis) is 2. The van der Waals surface area contributed by atoms with Gasteiger partial charge in [0, 0.05) is 6.54 Å². The van der Waals surface area contributed by atoms with Gasteiger partial charge in [-0.2, -0.15) is 0 Å². The summed E-state index contributed by atoms with van der Waals surface area (Å²) in [5.74, 6) is -1.11. The van der Waals surface area contributed by atoms with Crippen LogP contribution in [0.15, 0.2) is 0 Å². The summed E-state index contributed by atoms with van der Waals surface area (Å²) in [5.41, 5.74) is -0.555. The van der Waals surface area contributed by atoms with Crippen LogP contribution in [-0.2, 0) is 14.3 Å². The van der Waals surface area contributed by atoms with Crippen LogP contribution in [0.5, 0.6) is 0 Å². The van der Waals surface area contributed by atoms with Gasteiger partial charge in [0.2, 0.25) is 0 Å². The molecule has 0 fully saturated rings. The van der Waals surface area contributed by atoms with Crippen LogP contribution in [0.25, 0.3) is 0 Å². The summed E-state index contributed by atoms with van der Waals surface area (Å²) >= 11 is 0. The maximum atomic E-state index is 11.5. The van der Waals surface area contributed by atoms with Crippen molar-refractivity contribution >= 4 is 18.2 Å². The number of nitrogens with one attached hydrogen (secondary N) is 2. The number of unbranched alkanes of at least 4 members (excludes halogenated alkanes) is 2. The van der Waals surface area contributed by atoms with Gasteiger partial charge in [-0.3, -0.25) is 0 Å². The van der Waals surface area contributed by atoms with Crippen molar-refractivity contribution in [1.82, 2.24) is 10.6 Å². The molecule has 0 aromatic carbocycles. The fourth-order valence-electron chi connectivity index (χ4n) is 1.73. The first kappa shape index (κ1) is 22.0. The van der Waals surface area contributed by atoms with Gasteiger partial charge in [-0.05, 0) is 46.5 Å². The summed E-state index contributed by atoms with van der Waals surface area (Å²) in [4.78, 5) is 34.0. The van der Waals surface area contributed by atoms with Crippen LogP contribution in [0.4, 0.5) is 9.59 Å². The lowest BCUT2D eigenvalue weighted by molar-refractivity contribution is -0.139. The Morgan fingerprint density at radius 3 is 2.29 bits per heavy atom. The molecule has 1 atom stereocenters.